The van der Waals surface area contributed by atoms with Crippen LogP contribution in [0.25, 0.3) is 0 Å². The lowest BCUT2D eigenvalue weighted by atomic mass is 10.1. The number of hydrogen-bond donors (Lipinski definition) is 1. The molecule has 0 bridgehead atoms. The zero-order valence-corrected chi connectivity index (χ0v) is 11.3. The van der Waals surface area contributed by atoms with Gasteiger partial charge in [-0.25, -0.2) is 8.42 Å². The fraction of sp³-hybridized carbons (Fsp3) is 0.455. The molecule has 1 aromatic carbocycles. The molecular formula is C11H15ClN2O2S. The van der Waals surface area contributed by atoms with Crippen molar-refractivity contribution in [3.63, 3.8) is 0 Å². The zero-order chi connectivity index (χ0) is 12.8. The summed E-state index contributed by atoms with van der Waals surface area (Å²) in [6.45, 7) is 4.26. The van der Waals surface area contributed by atoms with E-state index in [1.165, 1.54) is 4.31 Å². The first-order valence-electron chi connectivity index (χ1n) is 5.37. The molecule has 6 heteroatoms. The standard InChI is InChI=1S/C11H15ClN2O2S/c1-7-5-14(17(15,16)6-7)11-4-9(12)10(13)3-8(11)2/h3-4,7H,5-6,13H2,1-2H3. The smallest absolute Gasteiger partial charge is 0.235 e. The molecule has 1 aromatic rings. The van der Waals surface area contributed by atoms with E-state index < -0.39 is 10.0 Å². The van der Waals surface area contributed by atoms with Crippen LogP contribution in [0.1, 0.15) is 12.5 Å². The molecule has 1 aliphatic heterocycles. The fourth-order valence-corrected chi connectivity index (χ4v) is 4.25. The van der Waals surface area contributed by atoms with Gasteiger partial charge in [-0.1, -0.05) is 18.5 Å². The predicted octanol–water partition coefficient (Wildman–Crippen LogP) is 2.02. The molecule has 2 rings (SSSR count). The molecule has 0 aromatic heterocycles. The van der Waals surface area contributed by atoms with Crippen LogP contribution in [0.3, 0.4) is 0 Å². The van der Waals surface area contributed by atoms with E-state index >= 15 is 0 Å². The molecule has 0 saturated carbocycles. The predicted molar refractivity (Wildman–Crippen MR) is 70.9 cm³/mol. The van der Waals surface area contributed by atoms with Crippen molar-refractivity contribution in [2.75, 3.05) is 22.3 Å². The van der Waals surface area contributed by atoms with Gasteiger partial charge in [0.25, 0.3) is 0 Å². The van der Waals surface area contributed by atoms with Crippen molar-refractivity contribution < 1.29 is 8.42 Å². The maximum atomic E-state index is 12.0. The molecule has 1 fully saturated rings. The Morgan fingerprint density at radius 1 is 1.47 bits per heavy atom. The Morgan fingerprint density at radius 3 is 2.65 bits per heavy atom. The molecule has 17 heavy (non-hydrogen) atoms. The highest BCUT2D eigenvalue weighted by atomic mass is 35.5. The summed E-state index contributed by atoms with van der Waals surface area (Å²) >= 11 is 5.95. The number of halogens is 1. The van der Waals surface area contributed by atoms with E-state index in [1.54, 1.807) is 12.1 Å². The van der Waals surface area contributed by atoms with Crippen molar-refractivity contribution in [3.05, 3.63) is 22.7 Å². The van der Waals surface area contributed by atoms with Gasteiger partial charge in [-0.3, -0.25) is 4.31 Å². The zero-order valence-electron chi connectivity index (χ0n) is 9.77. The maximum absolute atomic E-state index is 12.0. The molecular weight excluding hydrogens is 260 g/mol. The summed E-state index contributed by atoms with van der Waals surface area (Å²) in [5, 5.41) is 0.389. The molecule has 1 aliphatic rings. The van der Waals surface area contributed by atoms with Crippen molar-refractivity contribution in [3.8, 4) is 0 Å². The second-order valence-corrected chi connectivity index (χ2v) is 6.92. The van der Waals surface area contributed by atoms with Gasteiger partial charge >= 0.3 is 0 Å². The molecule has 94 valence electrons. The fourth-order valence-electron chi connectivity index (χ4n) is 2.11. The first-order chi connectivity index (χ1) is 7.81. The van der Waals surface area contributed by atoms with Gasteiger partial charge in [-0.05, 0) is 30.5 Å². The number of benzene rings is 1. The number of nitrogen functional groups attached to an aromatic ring is 1. The first-order valence-corrected chi connectivity index (χ1v) is 7.36. The van der Waals surface area contributed by atoms with Gasteiger partial charge < -0.3 is 5.73 Å². The van der Waals surface area contributed by atoms with Gasteiger partial charge in [0.2, 0.25) is 10.0 Å². The van der Waals surface area contributed by atoms with E-state index in [2.05, 4.69) is 0 Å². The minimum absolute atomic E-state index is 0.135. The molecule has 1 atom stereocenters. The lowest BCUT2D eigenvalue weighted by molar-refractivity contribution is 0.598. The number of rotatable bonds is 1. The largest absolute Gasteiger partial charge is 0.398 e. The molecule has 2 N–H and O–H groups in total. The van der Waals surface area contributed by atoms with Crippen LogP contribution in [0, 0.1) is 12.8 Å². The minimum atomic E-state index is -3.21. The maximum Gasteiger partial charge on any atom is 0.235 e. The lowest BCUT2D eigenvalue weighted by Gasteiger charge is -2.20. The van der Waals surface area contributed by atoms with E-state index in [-0.39, 0.29) is 11.7 Å². The second-order valence-electron chi connectivity index (χ2n) is 4.58. The highest BCUT2D eigenvalue weighted by Gasteiger charge is 2.34. The molecule has 1 saturated heterocycles. The molecule has 0 spiro atoms. The van der Waals surface area contributed by atoms with Crippen LogP contribution in [0.5, 0.6) is 0 Å². The quantitative estimate of drug-likeness (QED) is 0.797. The molecule has 1 unspecified atom stereocenters. The molecule has 0 radical (unpaired) electrons. The normalized spacial score (nSPS) is 23.0. The summed E-state index contributed by atoms with van der Waals surface area (Å²) in [5.41, 5.74) is 7.61. The Hall–Kier alpha value is -0.940. The third kappa shape index (κ3) is 2.21. The van der Waals surface area contributed by atoms with Crippen LogP contribution < -0.4 is 10.0 Å². The van der Waals surface area contributed by atoms with E-state index in [9.17, 15) is 8.42 Å². The van der Waals surface area contributed by atoms with Gasteiger partial charge in [0.15, 0.2) is 0 Å². The highest BCUT2D eigenvalue weighted by molar-refractivity contribution is 7.93. The van der Waals surface area contributed by atoms with E-state index in [0.717, 1.165) is 5.56 Å². The van der Waals surface area contributed by atoms with Gasteiger partial charge in [-0.2, -0.15) is 0 Å². The van der Waals surface area contributed by atoms with Crippen LogP contribution in [0.2, 0.25) is 5.02 Å². The Bertz CT molecular complexity index is 557. The average molecular weight is 275 g/mol. The molecule has 4 nitrogen and oxygen atoms in total. The van der Waals surface area contributed by atoms with Crippen molar-refractivity contribution in [1.82, 2.24) is 0 Å². The Labute approximate surface area is 106 Å². The third-order valence-electron chi connectivity index (χ3n) is 2.89. The van der Waals surface area contributed by atoms with Gasteiger partial charge in [0.05, 0.1) is 22.2 Å². The number of nitrogens with two attached hydrogens (primary N) is 1. The van der Waals surface area contributed by atoms with Gasteiger partial charge in [-0.15, -0.1) is 0 Å². The van der Waals surface area contributed by atoms with Crippen LogP contribution in [-0.4, -0.2) is 20.7 Å². The van der Waals surface area contributed by atoms with Crippen LogP contribution >= 0.6 is 11.6 Å². The van der Waals surface area contributed by atoms with Crippen molar-refractivity contribution in [1.29, 1.82) is 0 Å². The van der Waals surface area contributed by atoms with Crippen LogP contribution in [0.15, 0.2) is 12.1 Å². The summed E-state index contributed by atoms with van der Waals surface area (Å²) in [5.74, 6) is 0.324. The lowest BCUT2D eigenvalue weighted by Crippen LogP contribution is -2.26. The van der Waals surface area contributed by atoms with E-state index in [4.69, 9.17) is 17.3 Å². The first kappa shape index (κ1) is 12.5. The molecule has 0 amide bonds. The van der Waals surface area contributed by atoms with Crippen molar-refractivity contribution in [2.45, 2.75) is 13.8 Å². The van der Waals surface area contributed by atoms with Gasteiger partial charge in [0.1, 0.15) is 0 Å². The Morgan fingerprint density at radius 2 is 2.12 bits per heavy atom. The third-order valence-corrected chi connectivity index (χ3v) is 5.23. The van der Waals surface area contributed by atoms with E-state index in [1.807, 2.05) is 13.8 Å². The van der Waals surface area contributed by atoms with Crippen LogP contribution in [-0.2, 0) is 10.0 Å². The summed E-state index contributed by atoms with van der Waals surface area (Å²) in [6, 6.07) is 3.33. The number of nitrogens with zero attached hydrogens (tertiary/aromatic N) is 1. The van der Waals surface area contributed by atoms with Crippen molar-refractivity contribution >= 4 is 33.0 Å². The van der Waals surface area contributed by atoms with Crippen molar-refractivity contribution in [2.24, 2.45) is 5.92 Å². The Kier molecular flexibility index (Phi) is 2.99. The SMILES string of the molecule is Cc1cc(N)c(Cl)cc1N1CC(C)CS1(=O)=O. The summed E-state index contributed by atoms with van der Waals surface area (Å²) in [4.78, 5) is 0. The highest BCUT2D eigenvalue weighted by Crippen LogP contribution is 2.34. The minimum Gasteiger partial charge on any atom is -0.398 e. The molecule has 0 aliphatic carbocycles. The monoisotopic (exact) mass is 274 g/mol. The summed E-state index contributed by atoms with van der Waals surface area (Å²) < 4.78 is 25.4. The molecule has 1 heterocycles. The van der Waals surface area contributed by atoms with Gasteiger partial charge in [0, 0.05) is 6.54 Å². The topological polar surface area (TPSA) is 63.4 Å². The number of aryl methyl sites for hydroxylation is 1. The summed E-state index contributed by atoms with van der Waals surface area (Å²) in [7, 11) is -3.21. The van der Waals surface area contributed by atoms with Crippen LogP contribution in [0.4, 0.5) is 11.4 Å². The number of hydrogen-bond acceptors (Lipinski definition) is 3. The number of anilines is 2. The number of sulfonamides is 1. The second kappa shape index (κ2) is 4.07. The Balaban J connectivity index is 2.52. The summed E-state index contributed by atoms with van der Waals surface area (Å²) in [6.07, 6.45) is 0. The van der Waals surface area contributed by atoms with E-state index in [0.29, 0.717) is 22.9 Å². The average Bonchev–Trinajstić information content (AvgIpc) is 2.45.